The molecule has 0 radical (unpaired) electrons. The van der Waals surface area contributed by atoms with E-state index in [-0.39, 0.29) is 11.7 Å². The van der Waals surface area contributed by atoms with E-state index >= 15 is 0 Å². The van der Waals surface area contributed by atoms with Crippen molar-refractivity contribution in [2.24, 2.45) is 0 Å². The zero-order valence-electron chi connectivity index (χ0n) is 13.5. The minimum atomic E-state index is -0.0919. The Morgan fingerprint density at radius 3 is 2.96 bits per heavy atom. The van der Waals surface area contributed by atoms with E-state index < -0.39 is 0 Å². The van der Waals surface area contributed by atoms with E-state index in [2.05, 4.69) is 20.5 Å². The highest BCUT2D eigenvalue weighted by Crippen LogP contribution is 2.25. The van der Waals surface area contributed by atoms with Crippen LogP contribution in [0.2, 0.25) is 0 Å². The SMILES string of the molecule is Cc1nnc2c(SCC(=O)NCc3ccco3)nc3ccccc3n12. The highest BCUT2D eigenvalue weighted by molar-refractivity contribution is 8.00. The van der Waals surface area contributed by atoms with E-state index in [1.165, 1.54) is 11.8 Å². The third-order valence-corrected chi connectivity index (χ3v) is 4.69. The van der Waals surface area contributed by atoms with E-state index in [9.17, 15) is 4.79 Å². The number of fused-ring (bicyclic) bond motifs is 3. The van der Waals surface area contributed by atoms with Gasteiger partial charge in [-0.2, -0.15) is 0 Å². The molecule has 0 spiro atoms. The summed E-state index contributed by atoms with van der Waals surface area (Å²) >= 11 is 1.35. The van der Waals surface area contributed by atoms with Crippen LogP contribution in [0.15, 0.2) is 52.1 Å². The number of aromatic nitrogens is 4. The van der Waals surface area contributed by atoms with Gasteiger partial charge in [0.1, 0.15) is 16.6 Å². The Balaban J connectivity index is 1.55. The van der Waals surface area contributed by atoms with Gasteiger partial charge in [0.25, 0.3) is 0 Å². The first kappa shape index (κ1) is 15.6. The second-order valence-corrected chi connectivity index (χ2v) is 6.42. The zero-order chi connectivity index (χ0) is 17.2. The van der Waals surface area contributed by atoms with Crippen LogP contribution in [-0.4, -0.2) is 31.2 Å². The minimum Gasteiger partial charge on any atom is -0.467 e. The molecule has 126 valence electrons. The van der Waals surface area contributed by atoms with Crippen LogP contribution in [0.5, 0.6) is 0 Å². The predicted octanol–water partition coefficient (Wildman–Crippen LogP) is 2.59. The smallest absolute Gasteiger partial charge is 0.230 e. The largest absolute Gasteiger partial charge is 0.467 e. The quantitative estimate of drug-likeness (QED) is 0.555. The van der Waals surface area contributed by atoms with Crippen LogP contribution in [0.4, 0.5) is 0 Å². The van der Waals surface area contributed by atoms with Crippen molar-refractivity contribution in [2.75, 3.05) is 5.75 Å². The van der Waals surface area contributed by atoms with Gasteiger partial charge in [0, 0.05) is 0 Å². The number of furan rings is 1. The average Bonchev–Trinajstić information content (AvgIpc) is 3.28. The van der Waals surface area contributed by atoms with E-state index in [0.29, 0.717) is 17.2 Å². The molecule has 25 heavy (non-hydrogen) atoms. The molecule has 4 aromatic rings. The standard InChI is InChI=1S/C17H15N5O2S/c1-11-20-21-16-17(19-13-6-2-3-7-14(13)22(11)16)25-10-15(23)18-9-12-5-4-8-24-12/h2-8H,9-10H2,1H3,(H,18,23). The Hall–Kier alpha value is -2.87. The molecular weight excluding hydrogens is 338 g/mol. The molecule has 1 aromatic carbocycles. The van der Waals surface area contributed by atoms with Crippen LogP contribution in [0.1, 0.15) is 11.6 Å². The van der Waals surface area contributed by atoms with Crippen LogP contribution in [0, 0.1) is 6.92 Å². The molecule has 1 N–H and O–H groups in total. The molecule has 0 saturated carbocycles. The number of para-hydroxylation sites is 2. The molecule has 0 aliphatic carbocycles. The number of amides is 1. The molecule has 4 rings (SSSR count). The van der Waals surface area contributed by atoms with Crippen LogP contribution in [-0.2, 0) is 11.3 Å². The average molecular weight is 353 g/mol. The maximum atomic E-state index is 12.1. The van der Waals surface area contributed by atoms with E-state index in [4.69, 9.17) is 4.42 Å². The third kappa shape index (κ3) is 3.08. The number of thioether (sulfide) groups is 1. The second-order valence-electron chi connectivity index (χ2n) is 5.46. The minimum absolute atomic E-state index is 0.0919. The van der Waals surface area contributed by atoms with Crippen LogP contribution >= 0.6 is 11.8 Å². The lowest BCUT2D eigenvalue weighted by Crippen LogP contribution is -2.24. The lowest BCUT2D eigenvalue weighted by atomic mass is 10.3. The molecule has 0 fully saturated rings. The maximum Gasteiger partial charge on any atom is 0.230 e. The molecule has 0 bridgehead atoms. The van der Waals surface area contributed by atoms with Crippen molar-refractivity contribution in [3.05, 3.63) is 54.2 Å². The molecule has 1 amide bonds. The Labute approximate surface area is 147 Å². The Morgan fingerprint density at radius 2 is 2.12 bits per heavy atom. The first-order valence-corrected chi connectivity index (χ1v) is 8.73. The monoisotopic (exact) mass is 353 g/mol. The summed E-state index contributed by atoms with van der Waals surface area (Å²) in [6.45, 7) is 2.27. The second kappa shape index (κ2) is 6.56. The molecule has 0 atom stereocenters. The summed E-state index contributed by atoms with van der Waals surface area (Å²) in [7, 11) is 0. The van der Waals surface area contributed by atoms with Gasteiger partial charge in [0.2, 0.25) is 5.91 Å². The fourth-order valence-corrected chi connectivity index (χ4v) is 3.37. The van der Waals surface area contributed by atoms with Gasteiger partial charge in [-0.15, -0.1) is 10.2 Å². The summed E-state index contributed by atoms with van der Waals surface area (Å²) in [5.74, 6) is 1.66. The molecule has 0 aliphatic rings. The number of benzene rings is 1. The van der Waals surface area contributed by atoms with Gasteiger partial charge in [0.15, 0.2) is 5.65 Å². The van der Waals surface area contributed by atoms with E-state index in [1.54, 1.807) is 12.3 Å². The summed E-state index contributed by atoms with van der Waals surface area (Å²) < 4.78 is 7.16. The van der Waals surface area contributed by atoms with Gasteiger partial charge in [-0.3, -0.25) is 9.20 Å². The Morgan fingerprint density at radius 1 is 1.24 bits per heavy atom. The summed E-state index contributed by atoms with van der Waals surface area (Å²) in [5, 5.41) is 11.9. The molecular formula is C17H15N5O2S. The van der Waals surface area contributed by atoms with Crippen molar-refractivity contribution in [1.29, 1.82) is 0 Å². The first-order valence-electron chi connectivity index (χ1n) is 7.75. The first-order chi connectivity index (χ1) is 12.2. The van der Waals surface area contributed by atoms with Crippen molar-refractivity contribution in [2.45, 2.75) is 18.5 Å². The highest BCUT2D eigenvalue weighted by atomic mass is 32.2. The number of nitrogens with zero attached hydrogens (tertiary/aromatic N) is 4. The summed E-state index contributed by atoms with van der Waals surface area (Å²) in [5.41, 5.74) is 2.46. The van der Waals surface area contributed by atoms with Crippen molar-refractivity contribution < 1.29 is 9.21 Å². The molecule has 8 heteroatoms. The van der Waals surface area contributed by atoms with Crippen molar-refractivity contribution in [3.8, 4) is 0 Å². The van der Waals surface area contributed by atoms with E-state index in [1.807, 2.05) is 41.7 Å². The molecule has 0 aliphatic heterocycles. The van der Waals surface area contributed by atoms with Crippen LogP contribution in [0.3, 0.4) is 0 Å². The predicted molar refractivity (Wildman–Crippen MR) is 94.3 cm³/mol. The number of hydrogen-bond acceptors (Lipinski definition) is 6. The molecule has 3 heterocycles. The topological polar surface area (TPSA) is 85.3 Å². The van der Waals surface area contributed by atoms with Gasteiger partial charge >= 0.3 is 0 Å². The fourth-order valence-electron chi connectivity index (χ4n) is 2.58. The summed E-state index contributed by atoms with van der Waals surface area (Å²) in [6, 6.07) is 11.4. The maximum absolute atomic E-state index is 12.1. The highest BCUT2D eigenvalue weighted by Gasteiger charge is 2.14. The van der Waals surface area contributed by atoms with Gasteiger partial charge in [0.05, 0.1) is 29.6 Å². The Bertz CT molecular complexity index is 1040. The Kier molecular flexibility index (Phi) is 4.10. The van der Waals surface area contributed by atoms with Crippen molar-refractivity contribution >= 4 is 34.3 Å². The zero-order valence-corrected chi connectivity index (χ0v) is 14.3. The van der Waals surface area contributed by atoms with Crippen molar-refractivity contribution in [3.63, 3.8) is 0 Å². The molecule has 0 unspecified atom stereocenters. The normalized spacial score (nSPS) is 11.2. The molecule has 0 saturated heterocycles. The summed E-state index contributed by atoms with van der Waals surface area (Å²) in [4.78, 5) is 16.7. The van der Waals surface area contributed by atoms with Gasteiger partial charge in [-0.1, -0.05) is 23.9 Å². The van der Waals surface area contributed by atoms with Gasteiger partial charge < -0.3 is 9.73 Å². The lowest BCUT2D eigenvalue weighted by Gasteiger charge is -2.07. The van der Waals surface area contributed by atoms with E-state index in [0.717, 1.165) is 22.6 Å². The van der Waals surface area contributed by atoms with Gasteiger partial charge in [-0.25, -0.2) is 4.98 Å². The third-order valence-electron chi connectivity index (χ3n) is 3.74. The number of hydrogen-bond donors (Lipinski definition) is 1. The summed E-state index contributed by atoms with van der Waals surface area (Å²) in [6.07, 6.45) is 1.58. The van der Waals surface area contributed by atoms with Crippen LogP contribution < -0.4 is 5.32 Å². The number of aryl methyl sites for hydroxylation is 1. The number of carbonyl (C=O) groups is 1. The molecule has 3 aromatic heterocycles. The molecule has 7 nitrogen and oxygen atoms in total. The number of rotatable bonds is 5. The lowest BCUT2D eigenvalue weighted by molar-refractivity contribution is -0.118. The van der Waals surface area contributed by atoms with Crippen molar-refractivity contribution in [1.82, 2.24) is 24.9 Å². The van der Waals surface area contributed by atoms with Gasteiger partial charge in [-0.05, 0) is 31.2 Å². The van der Waals surface area contributed by atoms with Crippen LogP contribution in [0.25, 0.3) is 16.7 Å². The fraction of sp³-hybridized carbons (Fsp3) is 0.176. The number of carbonyl (C=O) groups excluding carboxylic acids is 1. The number of nitrogens with one attached hydrogen (secondary N) is 1.